The molecule has 0 amide bonds. The van der Waals surface area contributed by atoms with Crippen molar-refractivity contribution < 1.29 is 17.9 Å². The molecule has 0 spiro atoms. The Morgan fingerprint density at radius 2 is 1.71 bits per heavy atom. The third-order valence-corrected chi connectivity index (χ3v) is 7.97. The van der Waals surface area contributed by atoms with Gasteiger partial charge >= 0.3 is 0 Å². The summed E-state index contributed by atoms with van der Waals surface area (Å²) in [5.74, 6) is 2.30. The van der Waals surface area contributed by atoms with E-state index in [1.807, 2.05) is 44.2 Å². The van der Waals surface area contributed by atoms with E-state index in [2.05, 4.69) is 11.5 Å². The van der Waals surface area contributed by atoms with E-state index in [0.29, 0.717) is 25.2 Å². The van der Waals surface area contributed by atoms with Crippen molar-refractivity contribution in [2.45, 2.75) is 37.4 Å². The summed E-state index contributed by atoms with van der Waals surface area (Å²) in [6.45, 7) is 7.90. The molecule has 0 N–H and O–H groups in total. The summed E-state index contributed by atoms with van der Waals surface area (Å²) in [5, 5.41) is 0.855. The molecule has 31 heavy (non-hydrogen) atoms. The maximum Gasteiger partial charge on any atom is 0.243 e. The number of fused-ring (bicyclic) bond motifs is 1. The first-order chi connectivity index (χ1) is 14.9. The Kier molecular flexibility index (Phi) is 7.85. The number of aromatic nitrogens is 2. The van der Waals surface area contributed by atoms with Crippen LogP contribution in [0.3, 0.4) is 0 Å². The van der Waals surface area contributed by atoms with Gasteiger partial charge < -0.3 is 14.0 Å². The van der Waals surface area contributed by atoms with Gasteiger partial charge in [-0.1, -0.05) is 25.6 Å². The van der Waals surface area contributed by atoms with E-state index in [4.69, 9.17) is 14.5 Å². The van der Waals surface area contributed by atoms with Crippen LogP contribution in [0.2, 0.25) is 0 Å². The number of hydrogen-bond acceptors (Lipinski definition) is 6. The second-order valence-corrected chi connectivity index (χ2v) is 9.75. The first kappa shape index (κ1) is 23.4. The molecule has 1 aromatic heterocycles. The number of nitrogens with zero attached hydrogens (tertiary/aromatic N) is 3. The molecule has 0 bridgehead atoms. The van der Waals surface area contributed by atoms with E-state index in [1.165, 1.54) is 4.31 Å². The highest BCUT2D eigenvalue weighted by Crippen LogP contribution is 2.27. The molecule has 0 radical (unpaired) electrons. The maximum atomic E-state index is 12.8. The molecule has 0 aliphatic rings. The minimum Gasteiger partial charge on any atom is -0.497 e. The fraction of sp³-hybridized carbons (Fsp3) is 0.409. The lowest BCUT2D eigenvalue weighted by Gasteiger charge is -2.18. The van der Waals surface area contributed by atoms with E-state index in [1.54, 1.807) is 31.0 Å². The molecule has 3 aromatic rings. The Morgan fingerprint density at radius 1 is 1.03 bits per heavy atom. The van der Waals surface area contributed by atoms with E-state index < -0.39 is 10.0 Å². The minimum absolute atomic E-state index is 0.281. The van der Waals surface area contributed by atoms with Crippen molar-refractivity contribution in [2.24, 2.45) is 0 Å². The number of imidazole rings is 1. The quantitative estimate of drug-likeness (QED) is 0.312. The van der Waals surface area contributed by atoms with E-state index in [-0.39, 0.29) is 4.90 Å². The summed E-state index contributed by atoms with van der Waals surface area (Å²) < 4.78 is 40.2. The second kappa shape index (κ2) is 10.4. The van der Waals surface area contributed by atoms with Gasteiger partial charge in [0.1, 0.15) is 11.5 Å². The molecular weight excluding hydrogens is 434 g/mol. The van der Waals surface area contributed by atoms with E-state index in [0.717, 1.165) is 34.5 Å². The first-order valence-electron chi connectivity index (χ1n) is 10.3. The molecule has 0 unspecified atom stereocenters. The van der Waals surface area contributed by atoms with E-state index >= 15 is 0 Å². The summed E-state index contributed by atoms with van der Waals surface area (Å²) in [4.78, 5) is 4.99. The molecule has 3 rings (SSSR count). The van der Waals surface area contributed by atoms with Crippen molar-refractivity contribution in [3.63, 3.8) is 0 Å². The fourth-order valence-electron chi connectivity index (χ4n) is 3.34. The minimum atomic E-state index is -3.51. The van der Waals surface area contributed by atoms with Crippen molar-refractivity contribution in [1.29, 1.82) is 0 Å². The van der Waals surface area contributed by atoms with Crippen LogP contribution >= 0.6 is 11.8 Å². The van der Waals surface area contributed by atoms with Gasteiger partial charge in [-0.3, -0.25) is 0 Å². The summed E-state index contributed by atoms with van der Waals surface area (Å²) in [5.41, 5.74) is 1.62. The van der Waals surface area contributed by atoms with Gasteiger partial charge in [0.2, 0.25) is 10.0 Å². The van der Waals surface area contributed by atoms with Gasteiger partial charge in [0.05, 0.1) is 29.6 Å². The lowest BCUT2D eigenvalue weighted by Crippen LogP contribution is -2.30. The zero-order valence-electron chi connectivity index (χ0n) is 18.4. The Bertz CT molecular complexity index is 1110. The van der Waals surface area contributed by atoms with Crippen LogP contribution in [0.25, 0.3) is 11.0 Å². The Hall–Kier alpha value is -2.23. The number of rotatable bonds is 11. The summed E-state index contributed by atoms with van der Waals surface area (Å²) in [7, 11) is -1.88. The summed E-state index contributed by atoms with van der Waals surface area (Å²) in [6, 6.07) is 12.7. The van der Waals surface area contributed by atoms with Crippen LogP contribution in [0.5, 0.6) is 11.5 Å². The molecule has 168 valence electrons. The maximum absolute atomic E-state index is 12.8. The number of sulfonamides is 1. The topological polar surface area (TPSA) is 73.7 Å². The third kappa shape index (κ3) is 5.16. The van der Waals surface area contributed by atoms with E-state index in [9.17, 15) is 8.42 Å². The molecule has 2 aromatic carbocycles. The number of hydrogen-bond donors (Lipinski definition) is 0. The number of ether oxygens (including phenoxy) is 2. The van der Waals surface area contributed by atoms with Crippen LogP contribution in [0, 0.1) is 0 Å². The lowest BCUT2D eigenvalue weighted by atomic mass is 10.3. The molecule has 0 atom stereocenters. The van der Waals surface area contributed by atoms with Gasteiger partial charge in [0.15, 0.2) is 5.16 Å². The average molecular weight is 464 g/mol. The van der Waals surface area contributed by atoms with Gasteiger partial charge in [-0.05, 0) is 49.4 Å². The zero-order chi connectivity index (χ0) is 22.4. The fourth-order valence-corrected chi connectivity index (χ4v) is 5.71. The van der Waals surface area contributed by atoms with Crippen molar-refractivity contribution in [1.82, 2.24) is 13.9 Å². The number of benzene rings is 2. The SMILES string of the molecule is CCN(CC)S(=O)(=O)c1ccc2c(c1)nc(SCCOc1ccc(OC)cc1)n2CC. The molecule has 0 aliphatic carbocycles. The lowest BCUT2D eigenvalue weighted by molar-refractivity contribution is 0.342. The van der Waals surface area contributed by atoms with Crippen molar-refractivity contribution in [2.75, 3.05) is 32.6 Å². The number of thioether (sulfide) groups is 1. The number of methoxy groups -OCH3 is 1. The van der Waals surface area contributed by atoms with Gasteiger partial charge in [0.25, 0.3) is 0 Å². The molecular formula is C22H29N3O4S2. The number of aryl methyl sites for hydroxylation is 1. The van der Waals surface area contributed by atoms with Crippen LogP contribution in [-0.4, -0.2) is 54.8 Å². The van der Waals surface area contributed by atoms with Crippen LogP contribution in [0.4, 0.5) is 0 Å². The first-order valence-corrected chi connectivity index (χ1v) is 12.8. The predicted octanol–water partition coefficient (Wildman–Crippen LogP) is 4.27. The van der Waals surface area contributed by atoms with Crippen molar-refractivity contribution >= 4 is 32.8 Å². The van der Waals surface area contributed by atoms with Gasteiger partial charge in [-0.2, -0.15) is 4.31 Å². The smallest absolute Gasteiger partial charge is 0.243 e. The van der Waals surface area contributed by atoms with Gasteiger partial charge in [-0.15, -0.1) is 0 Å². The van der Waals surface area contributed by atoms with Crippen LogP contribution in [-0.2, 0) is 16.6 Å². The molecule has 9 heteroatoms. The Labute approximate surface area is 188 Å². The normalized spacial score (nSPS) is 11.9. The highest BCUT2D eigenvalue weighted by atomic mass is 32.2. The average Bonchev–Trinajstić information content (AvgIpc) is 3.14. The van der Waals surface area contributed by atoms with Gasteiger partial charge in [-0.25, -0.2) is 13.4 Å². The Morgan fingerprint density at radius 3 is 2.32 bits per heavy atom. The molecule has 0 saturated heterocycles. The predicted molar refractivity (Wildman–Crippen MR) is 125 cm³/mol. The highest BCUT2D eigenvalue weighted by Gasteiger charge is 2.23. The van der Waals surface area contributed by atoms with Crippen LogP contribution in [0.15, 0.2) is 52.5 Å². The molecule has 0 fully saturated rings. The van der Waals surface area contributed by atoms with Crippen LogP contribution < -0.4 is 9.47 Å². The second-order valence-electron chi connectivity index (χ2n) is 6.75. The van der Waals surface area contributed by atoms with Gasteiger partial charge in [0, 0.05) is 25.4 Å². The molecule has 0 aliphatic heterocycles. The standard InChI is InChI=1S/C22H29N3O4S2/c1-5-24(6-2)31(26,27)19-12-13-21-20(16-19)23-22(25(21)7-3)30-15-14-29-18-10-8-17(28-4)9-11-18/h8-13,16H,5-7,14-15H2,1-4H3. The summed E-state index contributed by atoms with van der Waals surface area (Å²) >= 11 is 1.60. The highest BCUT2D eigenvalue weighted by molar-refractivity contribution is 7.99. The Balaban J connectivity index is 1.73. The monoisotopic (exact) mass is 463 g/mol. The molecule has 7 nitrogen and oxygen atoms in total. The van der Waals surface area contributed by atoms with Crippen LogP contribution in [0.1, 0.15) is 20.8 Å². The largest absolute Gasteiger partial charge is 0.497 e. The zero-order valence-corrected chi connectivity index (χ0v) is 20.0. The van der Waals surface area contributed by atoms with Crippen molar-refractivity contribution in [3.8, 4) is 11.5 Å². The van der Waals surface area contributed by atoms with Crippen molar-refractivity contribution in [3.05, 3.63) is 42.5 Å². The molecule has 1 heterocycles. The third-order valence-electron chi connectivity index (χ3n) is 4.99. The summed E-state index contributed by atoms with van der Waals surface area (Å²) in [6.07, 6.45) is 0. The molecule has 0 saturated carbocycles.